The normalized spacial score (nSPS) is 13.7. The van der Waals surface area contributed by atoms with Crippen LogP contribution in [0.15, 0.2) is 0 Å². The molecule has 0 amide bonds. The van der Waals surface area contributed by atoms with Crippen molar-refractivity contribution in [3.63, 3.8) is 0 Å². The Morgan fingerprint density at radius 3 is 2.56 bits per heavy atom. The summed E-state index contributed by atoms with van der Waals surface area (Å²) in [6.07, 6.45) is 2.30. The van der Waals surface area contributed by atoms with Gasteiger partial charge in [-0.1, -0.05) is 20.3 Å². The number of hydrogen-bond donors (Lipinski definition) is 1. The number of halogens is 1. The molecule has 0 saturated heterocycles. The van der Waals surface area contributed by atoms with Gasteiger partial charge in [-0.15, -0.1) is 11.6 Å². The zero-order valence-electron chi connectivity index (χ0n) is 6.28. The zero-order valence-corrected chi connectivity index (χ0v) is 7.04. The van der Waals surface area contributed by atoms with Gasteiger partial charge >= 0.3 is 0 Å². The second-order valence-electron chi connectivity index (χ2n) is 2.19. The first-order valence-corrected chi connectivity index (χ1v) is 4.09. The van der Waals surface area contributed by atoms with Crippen LogP contribution in [-0.2, 0) is 0 Å². The quantitative estimate of drug-likeness (QED) is 0.590. The Labute approximate surface area is 62.8 Å². The summed E-state index contributed by atoms with van der Waals surface area (Å²) >= 11 is 5.90. The molecule has 0 aliphatic heterocycles. The van der Waals surface area contributed by atoms with E-state index in [-0.39, 0.29) is 0 Å². The van der Waals surface area contributed by atoms with Gasteiger partial charge in [-0.2, -0.15) is 0 Å². The van der Waals surface area contributed by atoms with Crippen LogP contribution in [0.3, 0.4) is 0 Å². The second kappa shape index (κ2) is 6.37. The number of rotatable bonds is 5. The van der Waals surface area contributed by atoms with E-state index in [1.165, 1.54) is 6.42 Å². The van der Waals surface area contributed by atoms with Crippen molar-refractivity contribution in [3.8, 4) is 0 Å². The van der Waals surface area contributed by atoms with E-state index in [4.69, 9.17) is 11.6 Å². The van der Waals surface area contributed by atoms with Crippen LogP contribution in [0.2, 0.25) is 0 Å². The summed E-state index contributed by atoms with van der Waals surface area (Å²) in [5.41, 5.74) is 0. The molecule has 0 aromatic rings. The van der Waals surface area contributed by atoms with Crippen LogP contribution in [0.5, 0.6) is 0 Å². The van der Waals surface area contributed by atoms with E-state index >= 15 is 0 Å². The largest absolute Gasteiger partial charge is 0.316 e. The summed E-state index contributed by atoms with van der Waals surface area (Å²) in [5, 5.41) is 3.53. The van der Waals surface area contributed by atoms with Crippen LogP contribution < -0.4 is 5.32 Å². The SMILES string of the molecule is CCCC(Cl)CNCC. The molecule has 0 rings (SSSR count). The van der Waals surface area contributed by atoms with E-state index in [0.29, 0.717) is 5.38 Å². The van der Waals surface area contributed by atoms with Crippen LogP contribution in [0, 0.1) is 0 Å². The van der Waals surface area contributed by atoms with Gasteiger partial charge in [0.1, 0.15) is 0 Å². The maximum Gasteiger partial charge on any atom is 0.0460 e. The fourth-order valence-corrected chi connectivity index (χ4v) is 1.04. The fraction of sp³-hybridized carbons (Fsp3) is 1.00. The molecule has 0 saturated carbocycles. The molecule has 0 bridgehead atoms. The highest BCUT2D eigenvalue weighted by Crippen LogP contribution is 2.02. The van der Waals surface area contributed by atoms with Crippen molar-refractivity contribution < 1.29 is 0 Å². The Hall–Kier alpha value is 0.250. The van der Waals surface area contributed by atoms with Gasteiger partial charge in [0.05, 0.1) is 0 Å². The van der Waals surface area contributed by atoms with Gasteiger partial charge in [0.25, 0.3) is 0 Å². The minimum Gasteiger partial charge on any atom is -0.316 e. The molecule has 0 heterocycles. The second-order valence-corrected chi connectivity index (χ2v) is 2.81. The Morgan fingerprint density at radius 1 is 1.44 bits per heavy atom. The first-order valence-electron chi connectivity index (χ1n) is 3.66. The molecular formula is C7H16ClN. The lowest BCUT2D eigenvalue weighted by Crippen LogP contribution is -2.22. The van der Waals surface area contributed by atoms with Crippen molar-refractivity contribution in [3.05, 3.63) is 0 Å². The molecule has 0 aromatic carbocycles. The molecule has 0 aliphatic rings. The molecule has 0 fully saturated rings. The van der Waals surface area contributed by atoms with Crippen molar-refractivity contribution >= 4 is 11.6 Å². The van der Waals surface area contributed by atoms with Crippen LogP contribution in [0.1, 0.15) is 26.7 Å². The molecule has 0 radical (unpaired) electrons. The number of hydrogen-bond acceptors (Lipinski definition) is 1. The predicted molar refractivity (Wildman–Crippen MR) is 43.1 cm³/mol. The molecule has 9 heavy (non-hydrogen) atoms. The van der Waals surface area contributed by atoms with Gasteiger partial charge in [-0.3, -0.25) is 0 Å². The third kappa shape index (κ3) is 6.13. The summed E-state index contributed by atoms with van der Waals surface area (Å²) in [5.74, 6) is 0. The zero-order chi connectivity index (χ0) is 7.11. The van der Waals surface area contributed by atoms with Crippen molar-refractivity contribution in [2.24, 2.45) is 0 Å². The summed E-state index contributed by atoms with van der Waals surface area (Å²) < 4.78 is 0. The Kier molecular flexibility index (Phi) is 6.55. The summed E-state index contributed by atoms with van der Waals surface area (Å²) in [6, 6.07) is 0. The maximum atomic E-state index is 5.90. The van der Waals surface area contributed by atoms with Crippen LogP contribution in [-0.4, -0.2) is 18.5 Å². The third-order valence-electron chi connectivity index (χ3n) is 1.22. The summed E-state index contributed by atoms with van der Waals surface area (Å²) in [6.45, 7) is 6.22. The Balaban J connectivity index is 2.95. The molecule has 0 spiro atoms. The monoisotopic (exact) mass is 149 g/mol. The number of alkyl halides is 1. The predicted octanol–water partition coefficient (Wildman–Crippen LogP) is 2.00. The minimum absolute atomic E-state index is 0.329. The highest BCUT2D eigenvalue weighted by atomic mass is 35.5. The van der Waals surface area contributed by atoms with Gasteiger partial charge in [-0.05, 0) is 13.0 Å². The van der Waals surface area contributed by atoms with Gasteiger partial charge in [0, 0.05) is 11.9 Å². The van der Waals surface area contributed by atoms with E-state index in [1.54, 1.807) is 0 Å². The standard InChI is InChI=1S/C7H16ClN/c1-3-5-7(8)6-9-4-2/h7,9H,3-6H2,1-2H3. The third-order valence-corrected chi connectivity index (χ3v) is 1.59. The molecule has 0 aliphatic carbocycles. The van der Waals surface area contributed by atoms with Gasteiger partial charge in [0.2, 0.25) is 0 Å². The van der Waals surface area contributed by atoms with E-state index in [0.717, 1.165) is 19.5 Å². The van der Waals surface area contributed by atoms with Crippen molar-refractivity contribution in [1.29, 1.82) is 0 Å². The topological polar surface area (TPSA) is 12.0 Å². The minimum atomic E-state index is 0.329. The van der Waals surface area contributed by atoms with Crippen LogP contribution >= 0.6 is 11.6 Å². The van der Waals surface area contributed by atoms with E-state index in [1.807, 2.05) is 0 Å². The molecule has 56 valence electrons. The average molecular weight is 150 g/mol. The molecule has 2 heteroatoms. The Bertz CT molecular complexity index is 56.9. The van der Waals surface area contributed by atoms with Crippen LogP contribution in [0.25, 0.3) is 0 Å². The highest BCUT2D eigenvalue weighted by molar-refractivity contribution is 6.20. The molecule has 0 aromatic heterocycles. The van der Waals surface area contributed by atoms with Crippen LogP contribution in [0.4, 0.5) is 0 Å². The maximum absolute atomic E-state index is 5.90. The summed E-state index contributed by atoms with van der Waals surface area (Å²) in [4.78, 5) is 0. The van der Waals surface area contributed by atoms with Crippen molar-refractivity contribution in [2.45, 2.75) is 32.1 Å². The summed E-state index contributed by atoms with van der Waals surface area (Å²) in [7, 11) is 0. The lowest BCUT2D eigenvalue weighted by atomic mass is 10.2. The average Bonchev–Trinajstić information content (AvgIpc) is 1.85. The van der Waals surface area contributed by atoms with E-state index < -0.39 is 0 Å². The lowest BCUT2D eigenvalue weighted by molar-refractivity contribution is 0.640. The van der Waals surface area contributed by atoms with Gasteiger partial charge in [-0.25, -0.2) is 0 Å². The fourth-order valence-electron chi connectivity index (χ4n) is 0.716. The molecule has 1 atom stereocenters. The van der Waals surface area contributed by atoms with Gasteiger partial charge in [0.15, 0.2) is 0 Å². The Morgan fingerprint density at radius 2 is 2.11 bits per heavy atom. The molecule has 1 nitrogen and oxygen atoms in total. The molecular weight excluding hydrogens is 134 g/mol. The van der Waals surface area contributed by atoms with Gasteiger partial charge < -0.3 is 5.32 Å². The van der Waals surface area contributed by atoms with Crippen molar-refractivity contribution in [1.82, 2.24) is 5.32 Å². The van der Waals surface area contributed by atoms with E-state index in [9.17, 15) is 0 Å². The first kappa shape index (κ1) is 9.25. The van der Waals surface area contributed by atoms with Crippen molar-refractivity contribution in [2.75, 3.05) is 13.1 Å². The molecule has 1 unspecified atom stereocenters. The highest BCUT2D eigenvalue weighted by Gasteiger charge is 1.99. The van der Waals surface area contributed by atoms with E-state index in [2.05, 4.69) is 19.2 Å². The lowest BCUT2D eigenvalue weighted by Gasteiger charge is -2.06. The smallest absolute Gasteiger partial charge is 0.0460 e. The number of nitrogens with one attached hydrogen (secondary N) is 1. The first-order chi connectivity index (χ1) is 4.31. The molecule has 1 N–H and O–H groups in total.